The monoisotopic (exact) mass is 390 g/mol. The Bertz CT molecular complexity index is 951. The molecule has 0 radical (unpaired) electrons. The van der Waals surface area contributed by atoms with Crippen LogP contribution in [0.25, 0.3) is 11.0 Å². The summed E-state index contributed by atoms with van der Waals surface area (Å²) in [7, 11) is 0. The highest BCUT2D eigenvalue weighted by Gasteiger charge is 2.23. The van der Waals surface area contributed by atoms with Crippen LogP contribution >= 0.6 is 11.8 Å². The normalized spacial score (nSPS) is 14.0. The quantitative estimate of drug-likeness (QED) is 0.688. The second-order valence-electron chi connectivity index (χ2n) is 6.52. The van der Waals surface area contributed by atoms with Crippen molar-refractivity contribution in [1.82, 2.24) is 5.32 Å². The Morgan fingerprint density at radius 3 is 2.78 bits per heavy atom. The van der Waals surface area contributed by atoms with Crippen molar-refractivity contribution in [3.8, 4) is 5.75 Å². The molecule has 1 atom stereocenters. The summed E-state index contributed by atoms with van der Waals surface area (Å²) < 4.78 is 11.1. The molecule has 0 saturated heterocycles. The molecule has 3 rings (SSSR count). The lowest BCUT2D eigenvalue weighted by Gasteiger charge is -2.19. The lowest BCUT2D eigenvalue weighted by atomic mass is 10.0. The van der Waals surface area contributed by atoms with Crippen molar-refractivity contribution in [2.24, 2.45) is 0 Å². The van der Waals surface area contributed by atoms with Gasteiger partial charge < -0.3 is 24.4 Å². The highest BCUT2D eigenvalue weighted by Crippen LogP contribution is 2.35. The Morgan fingerprint density at radius 2 is 2.07 bits per heavy atom. The Kier molecular flexibility index (Phi) is 5.74. The van der Waals surface area contributed by atoms with Crippen molar-refractivity contribution in [3.63, 3.8) is 0 Å². The van der Waals surface area contributed by atoms with Crippen LogP contribution in [0, 0.1) is 6.92 Å². The summed E-state index contributed by atoms with van der Waals surface area (Å²) in [5.74, 6) is -1.22. The minimum atomic E-state index is -1.33. The summed E-state index contributed by atoms with van der Waals surface area (Å²) in [6, 6.07) is 2.48. The van der Waals surface area contributed by atoms with Gasteiger partial charge in [-0.1, -0.05) is 0 Å². The lowest BCUT2D eigenvalue weighted by Crippen LogP contribution is -2.50. The van der Waals surface area contributed by atoms with Gasteiger partial charge in [-0.25, -0.2) is 4.79 Å². The van der Waals surface area contributed by atoms with E-state index < -0.39 is 17.9 Å². The second kappa shape index (κ2) is 8.04. The third kappa shape index (κ3) is 4.10. The van der Waals surface area contributed by atoms with Gasteiger partial charge in [-0.15, -0.1) is 0 Å². The predicted molar refractivity (Wildman–Crippen MR) is 100 cm³/mol. The third-order valence-electron chi connectivity index (χ3n) is 4.49. The number of carboxylic acid groups (broad SMARTS) is 1. The Hall–Kier alpha value is -2.48. The van der Waals surface area contributed by atoms with Crippen molar-refractivity contribution in [2.45, 2.75) is 32.2 Å². The Morgan fingerprint density at radius 1 is 1.33 bits per heavy atom. The van der Waals surface area contributed by atoms with E-state index in [1.807, 2.05) is 6.92 Å². The number of carboxylic acids is 1. The van der Waals surface area contributed by atoms with Crippen LogP contribution in [0.5, 0.6) is 5.75 Å². The number of hydrogen-bond donors (Lipinski definition) is 1. The fraction of sp³-hybridized carbons (Fsp3) is 0.421. The highest BCUT2D eigenvalue weighted by atomic mass is 32.2. The van der Waals surface area contributed by atoms with Crippen LogP contribution in [0.15, 0.2) is 21.3 Å². The summed E-state index contributed by atoms with van der Waals surface area (Å²) >= 11 is 1.29. The number of benzene rings is 1. The van der Waals surface area contributed by atoms with Crippen molar-refractivity contribution in [1.29, 1.82) is 0 Å². The number of ether oxygens (including phenoxy) is 1. The summed E-state index contributed by atoms with van der Waals surface area (Å²) in [4.78, 5) is 35.3. The van der Waals surface area contributed by atoms with Gasteiger partial charge in [0.2, 0.25) is 0 Å². The number of hydrogen-bond acceptors (Lipinski definition) is 7. The molecule has 1 heterocycles. The molecule has 2 aromatic rings. The molecule has 0 aliphatic heterocycles. The molecule has 0 bridgehead atoms. The average molecular weight is 390 g/mol. The summed E-state index contributed by atoms with van der Waals surface area (Å²) in [5.41, 5.74) is 2.52. The van der Waals surface area contributed by atoms with E-state index in [-0.39, 0.29) is 18.0 Å². The maximum Gasteiger partial charge on any atom is 0.339 e. The number of nitrogens with one attached hydrogen (secondary N) is 1. The summed E-state index contributed by atoms with van der Waals surface area (Å²) in [6.45, 7) is 1.49. The fourth-order valence-corrected chi connectivity index (χ4v) is 3.89. The van der Waals surface area contributed by atoms with E-state index in [1.54, 1.807) is 18.4 Å². The molecular formula is C19H20NO6S-. The molecular weight excluding hydrogens is 370 g/mol. The van der Waals surface area contributed by atoms with Crippen LogP contribution < -0.4 is 20.8 Å². The van der Waals surface area contributed by atoms with Crippen molar-refractivity contribution in [2.75, 3.05) is 18.6 Å². The first-order valence-electron chi connectivity index (χ1n) is 8.62. The van der Waals surface area contributed by atoms with E-state index in [4.69, 9.17) is 9.15 Å². The molecule has 7 nitrogen and oxygen atoms in total. The molecule has 1 aliphatic rings. The third-order valence-corrected chi connectivity index (χ3v) is 5.16. The van der Waals surface area contributed by atoms with Crippen molar-refractivity contribution >= 4 is 34.6 Å². The molecule has 1 aromatic carbocycles. The molecule has 1 aromatic heterocycles. The minimum Gasteiger partial charge on any atom is -0.548 e. The summed E-state index contributed by atoms with van der Waals surface area (Å²) in [6.07, 6.45) is 4.04. The van der Waals surface area contributed by atoms with Crippen LogP contribution in [0.3, 0.4) is 0 Å². The van der Waals surface area contributed by atoms with Gasteiger partial charge in [0.25, 0.3) is 5.91 Å². The molecule has 27 heavy (non-hydrogen) atoms. The first-order chi connectivity index (χ1) is 12.9. The van der Waals surface area contributed by atoms with Gasteiger partial charge in [0.15, 0.2) is 6.61 Å². The average Bonchev–Trinajstić information content (AvgIpc) is 3.09. The molecule has 8 heteroatoms. The molecule has 144 valence electrons. The van der Waals surface area contributed by atoms with Gasteiger partial charge in [0, 0.05) is 11.3 Å². The molecule has 1 N–H and O–H groups in total. The Labute approximate surface area is 160 Å². The zero-order valence-electron chi connectivity index (χ0n) is 15.1. The topological polar surface area (TPSA) is 109 Å². The van der Waals surface area contributed by atoms with Crippen LogP contribution in [0.2, 0.25) is 0 Å². The molecule has 1 amide bonds. The van der Waals surface area contributed by atoms with Crippen molar-refractivity contribution in [3.05, 3.63) is 39.2 Å². The molecule has 0 spiro atoms. The summed E-state index contributed by atoms with van der Waals surface area (Å²) in [5, 5.41) is 14.2. The van der Waals surface area contributed by atoms with Gasteiger partial charge >= 0.3 is 5.63 Å². The van der Waals surface area contributed by atoms with Gasteiger partial charge in [-0.05, 0) is 55.7 Å². The zero-order valence-corrected chi connectivity index (χ0v) is 15.9. The maximum absolute atomic E-state index is 12.1. The number of rotatable bonds is 7. The first-order valence-corrected chi connectivity index (χ1v) is 10.0. The number of amides is 1. The molecule has 0 unspecified atom stereocenters. The van der Waals surface area contributed by atoms with Gasteiger partial charge in [0.1, 0.15) is 11.3 Å². The van der Waals surface area contributed by atoms with E-state index in [0.29, 0.717) is 28.7 Å². The SMILES string of the molecule is CSC[C@H](NC(=O)COc1cc(C)cc2oc(=O)c3c(c12)CCC3)C(=O)[O-]. The minimum absolute atomic E-state index is 0.208. The molecule has 1 aliphatic carbocycles. The van der Waals surface area contributed by atoms with E-state index in [9.17, 15) is 19.5 Å². The largest absolute Gasteiger partial charge is 0.548 e. The first kappa shape index (κ1) is 19.3. The standard InChI is InChI=1S/C19H21NO6S/c1-10-6-14(25-8-16(21)20-13(9-27-2)18(22)23)17-11-4-3-5-12(11)19(24)26-15(17)7-10/h6-7,13H,3-5,8-9H2,1-2H3,(H,20,21)(H,22,23)/p-1/t13-/m0/s1. The number of aliphatic carboxylic acids is 1. The lowest BCUT2D eigenvalue weighted by molar-refractivity contribution is -0.307. The highest BCUT2D eigenvalue weighted by molar-refractivity contribution is 7.98. The maximum atomic E-state index is 12.1. The second-order valence-corrected chi connectivity index (χ2v) is 7.43. The number of carbonyl (C=O) groups excluding carboxylic acids is 2. The zero-order chi connectivity index (χ0) is 19.6. The smallest absolute Gasteiger partial charge is 0.339 e. The van der Waals surface area contributed by atoms with E-state index in [2.05, 4.69) is 5.32 Å². The van der Waals surface area contributed by atoms with E-state index >= 15 is 0 Å². The van der Waals surface area contributed by atoms with Crippen molar-refractivity contribution < 1.29 is 23.8 Å². The number of carbonyl (C=O) groups is 2. The van der Waals surface area contributed by atoms with Gasteiger partial charge in [0.05, 0.1) is 17.4 Å². The van der Waals surface area contributed by atoms with Gasteiger partial charge in [-0.2, -0.15) is 11.8 Å². The number of fused-ring (bicyclic) bond motifs is 3. The van der Waals surface area contributed by atoms with Gasteiger partial charge in [-0.3, -0.25) is 4.79 Å². The number of thioether (sulfide) groups is 1. The predicted octanol–water partition coefficient (Wildman–Crippen LogP) is 0.567. The number of aryl methyl sites for hydroxylation is 2. The Balaban J connectivity index is 1.85. The van der Waals surface area contributed by atoms with E-state index in [0.717, 1.165) is 24.0 Å². The van der Waals surface area contributed by atoms with Crippen LogP contribution in [-0.2, 0) is 22.4 Å². The molecule has 0 saturated carbocycles. The van der Waals surface area contributed by atoms with Crippen LogP contribution in [0.4, 0.5) is 0 Å². The fourth-order valence-electron chi connectivity index (χ4n) is 3.33. The van der Waals surface area contributed by atoms with E-state index in [1.165, 1.54) is 11.8 Å². The van der Waals surface area contributed by atoms with Crippen LogP contribution in [-0.4, -0.2) is 36.5 Å². The van der Waals surface area contributed by atoms with Crippen LogP contribution in [0.1, 0.15) is 23.1 Å². The molecule has 0 fully saturated rings.